The summed E-state index contributed by atoms with van der Waals surface area (Å²) < 4.78 is 25.2. The van der Waals surface area contributed by atoms with Crippen LogP contribution in [0, 0.1) is 11.7 Å². The summed E-state index contributed by atoms with van der Waals surface area (Å²) in [6.07, 6.45) is -0.331. The van der Waals surface area contributed by atoms with Gasteiger partial charge in [-0.25, -0.2) is 4.39 Å². The highest BCUT2D eigenvalue weighted by Gasteiger charge is 2.31. The first kappa shape index (κ1) is 26.2. The maximum Gasteiger partial charge on any atom is 0.257 e. The summed E-state index contributed by atoms with van der Waals surface area (Å²) in [7, 11) is 3.26. The molecule has 1 N–H and O–H groups in total. The lowest BCUT2D eigenvalue weighted by atomic mass is 10.0. The predicted molar refractivity (Wildman–Crippen MR) is 130 cm³/mol. The number of carbonyl (C=O) groups excluding carboxylic acids is 3. The van der Waals surface area contributed by atoms with Gasteiger partial charge in [-0.15, -0.1) is 0 Å². The number of hydrogen-bond donors (Lipinski definition) is 1. The molecule has 3 amide bonds. The number of rotatable bonds is 3. The first-order chi connectivity index (χ1) is 16.6. The van der Waals surface area contributed by atoms with Gasteiger partial charge >= 0.3 is 0 Å². The van der Waals surface area contributed by atoms with Gasteiger partial charge in [-0.05, 0) is 43.3 Å². The number of carbonyl (C=O) groups is 3. The molecule has 1 heterocycles. The molecule has 1 aliphatic heterocycles. The zero-order chi connectivity index (χ0) is 25.7. The molecule has 0 fully saturated rings. The summed E-state index contributed by atoms with van der Waals surface area (Å²) in [6.45, 7) is 5.96. The lowest BCUT2D eigenvalue weighted by molar-refractivity contribution is -0.114. The number of amides is 3. The van der Waals surface area contributed by atoms with Crippen molar-refractivity contribution in [3.8, 4) is 5.75 Å². The summed E-state index contributed by atoms with van der Waals surface area (Å²) in [6, 6.07) is 9.91. The van der Waals surface area contributed by atoms with E-state index in [1.54, 1.807) is 42.2 Å². The van der Waals surface area contributed by atoms with Crippen molar-refractivity contribution in [3.05, 3.63) is 59.4 Å². The number of ether oxygens (including phenoxy) is 2. The van der Waals surface area contributed by atoms with Gasteiger partial charge in [0.1, 0.15) is 18.2 Å². The molecule has 0 aliphatic carbocycles. The largest absolute Gasteiger partial charge is 0.491 e. The Labute approximate surface area is 205 Å². The number of halogens is 1. The molecule has 9 heteroatoms. The van der Waals surface area contributed by atoms with Crippen LogP contribution in [0.5, 0.6) is 5.75 Å². The van der Waals surface area contributed by atoms with E-state index in [0.717, 1.165) is 0 Å². The molecule has 8 nitrogen and oxygen atoms in total. The average molecular weight is 486 g/mol. The van der Waals surface area contributed by atoms with Crippen LogP contribution < -0.4 is 10.1 Å². The van der Waals surface area contributed by atoms with E-state index in [9.17, 15) is 18.8 Å². The van der Waals surface area contributed by atoms with Gasteiger partial charge in [-0.2, -0.15) is 0 Å². The molecule has 3 rings (SSSR count). The third-order valence-electron chi connectivity index (χ3n) is 6.12. The van der Waals surface area contributed by atoms with Crippen LogP contribution in [-0.4, -0.2) is 73.5 Å². The fourth-order valence-electron chi connectivity index (χ4n) is 4.09. The molecule has 0 saturated carbocycles. The van der Waals surface area contributed by atoms with E-state index in [1.807, 2.05) is 13.8 Å². The van der Waals surface area contributed by atoms with Crippen molar-refractivity contribution in [2.24, 2.45) is 5.92 Å². The van der Waals surface area contributed by atoms with Gasteiger partial charge in [-0.3, -0.25) is 14.4 Å². The van der Waals surface area contributed by atoms with E-state index in [1.165, 1.54) is 31.2 Å². The van der Waals surface area contributed by atoms with Crippen molar-refractivity contribution >= 4 is 23.4 Å². The van der Waals surface area contributed by atoms with E-state index in [-0.39, 0.29) is 42.4 Å². The second-order valence-electron chi connectivity index (χ2n) is 8.95. The van der Waals surface area contributed by atoms with E-state index in [4.69, 9.17) is 9.47 Å². The fraction of sp³-hybridized carbons (Fsp3) is 0.423. The number of methoxy groups -OCH3 is 1. The topological polar surface area (TPSA) is 88.2 Å². The highest BCUT2D eigenvalue weighted by molar-refractivity contribution is 5.98. The fourth-order valence-corrected chi connectivity index (χ4v) is 4.09. The Morgan fingerprint density at radius 2 is 1.80 bits per heavy atom. The normalized spacial score (nSPS) is 21.3. The van der Waals surface area contributed by atoms with Crippen molar-refractivity contribution in [1.82, 2.24) is 9.80 Å². The van der Waals surface area contributed by atoms with Crippen LogP contribution in [0.15, 0.2) is 42.5 Å². The van der Waals surface area contributed by atoms with Gasteiger partial charge in [0, 0.05) is 57.4 Å². The maximum absolute atomic E-state index is 13.4. The number of hydrogen-bond acceptors (Lipinski definition) is 5. The molecular formula is C26H32FN3O5. The second-order valence-corrected chi connectivity index (χ2v) is 8.95. The van der Waals surface area contributed by atoms with E-state index in [0.29, 0.717) is 35.7 Å². The van der Waals surface area contributed by atoms with E-state index < -0.39 is 5.82 Å². The molecule has 2 aromatic carbocycles. The van der Waals surface area contributed by atoms with Crippen molar-refractivity contribution in [2.75, 3.05) is 39.2 Å². The van der Waals surface area contributed by atoms with Gasteiger partial charge < -0.3 is 24.6 Å². The Balaban J connectivity index is 2.00. The molecule has 35 heavy (non-hydrogen) atoms. The summed E-state index contributed by atoms with van der Waals surface area (Å²) in [5.74, 6) is -0.964. The Hall–Kier alpha value is -3.46. The summed E-state index contributed by atoms with van der Waals surface area (Å²) in [4.78, 5) is 41.4. The third kappa shape index (κ3) is 6.36. The smallest absolute Gasteiger partial charge is 0.257 e. The molecule has 0 spiro atoms. The van der Waals surface area contributed by atoms with Gasteiger partial charge in [0.2, 0.25) is 5.91 Å². The highest BCUT2D eigenvalue weighted by Crippen LogP contribution is 2.27. The van der Waals surface area contributed by atoms with Crippen molar-refractivity contribution in [1.29, 1.82) is 0 Å². The quantitative estimate of drug-likeness (QED) is 0.720. The Bertz CT molecular complexity index is 1080. The highest BCUT2D eigenvalue weighted by atomic mass is 19.1. The van der Waals surface area contributed by atoms with Crippen LogP contribution in [0.4, 0.5) is 10.1 Å². The molecule has 188 valence electrons. The van der Waals surface area contributed by atoms with Crippen LogP contribution in [0.2, 0.25) is 0 Å². The molecule has 0 aromatic heterocycles. The predicted octanol–water partition coefficient (Wildman–Crippen LogP) is 3.43. The zero-order valence-electron chi connectivity index (χ0n) is 20.7. The molecule has 0 unspecified atom stereocenters. The third-order valence-corrected chi connectivity index (χ3v) is 6.12. The van der Waals surface area contributed by atoms with E-state index in [2.05, 4.69) is 5.32 Å². The molecule has 2 aromatic rings. The lowest BCUT2D eigenvalue weighted by Gasteiger charge is -2.36. The molecular weight excluding hydrogens is 453 g/mol. The number of benzene rings is 2. The zero-order valence-corrected chi connectivity index (χ0v) is 20.7. The Morgan fingerprint density at radius 1 is 1.11 bits per heavy atom. The summed E-state index contributed by atoms with van der Waals surface area (Å²) >= 11 is 0. The first-order valence-electron chi connectivity index (χ1n) is 11.5. The van der Waals surface area contributed by atoms with Crippen molar-refractivity contribution < 1.29 is 28.2 Å². The van der Waals surface area contributed by atoms with Crippen LogP contribution in [0.25, 0.3) is 0 Å². The average Bonchev–Trinajstić information content (AvgIpc) is 2.82. The maximum atomic E-state index is 13.4. The van der Waals surface area contributed by atoms with Crippen molar-refractivity contribution in [3.63, 3.8) is 0 Å². The number of nitrogens with zero attached hydrogens (tertiary/aromatic N) is 2. The minimum absolute atomic E-state index is 0.102. The summed E-state index contributed by atoms with van der Waals surface area (Å²) in [5.41, 5.74) is 1.20. The number of fused-ring (bicyclic) bond motifs is 1. The number of likely N-dealkylation sites (N-methyl/N-ethyl adjacent to an activating group) is 1. The Morgan fingerprint density at radius 3 is 2.43 bits per heavy atom. The van der Waals surface area contributed by atoms with Gasteiger partial charge in [-0.1, -0.05) is 6.92 Å². The van der Waals surface area contributed by atoms with Crippen LogP contribution >= 0.6 is 0 Å². The monoisotopic (exact) mass is 485 g/mol. The minimum atomic E-state index is -0.418. The standard InChI is InChI=1S/C26H32FN3O5/c1-16-13-30(25(32)19-6-8-20(27)9-7-19)17(2)15-35-23-12-21(28-18(3)31)10-11-22(23)26(33)29(4)14-24(16)34-5/h6-12,16-17,24H,13-15H2,1-5H3,(H,28,31)/t16-,17+,24+/m0/s1. The van der Waals surface area contributed by atoms with Crippen LogP contribution in [0.1, 0.15) is 41.5 Å². The molecule has 0 radical (unpaired) electrons. The van der Waals surface area contributed by atoms with Crippen LogP contribution in [-0.2, 0) is 9.53 Å². The summed E-state index contributed by atoms with van der Waals surface area (Å²) in [5, 5.41) is 2.69. The van der Waals surface area contributed by atoms with E-state index >= 15 is 0 Å². The van der Waals surface area contributed by atoms with Gasteiger partial charge in [0.05, 0.1) is 17.7 Å². The molecule has 1 aliphatic rings. The SMILES string of the molecule is CO[C@@H]1CN(C)C(=O)c2ccc(NC(C)=O)cc2OC[C@@H](C)N(C(=O)c2ccc(F)cc2)C[C@@H]1C. The lowest BCUT2D eigenvalue weighted by Crippen LogP contribution is -2.48. The van der Waals surface area contributed by atoms with Crippen molar-refractivity contribution in [2.45, 2.75) is 32.9 Å². The first-order valence-corrected chi connectivity index (χ1v) is 11.5. The molecule has 0 saturated heterocycles. The minimum Gasteiger partial charge on any atom is -0.491 e. The van der Waals surface area contributed by atoms with Crippen LogP contribution in [0.3, 0.4) is 0 Å². The molecule has 0 bridgehead atoms. The molecule has 3 atom stereocenters. The Kier molecular flexibility index (Phi) is 8.45. The van der Waals surface area contributed by atoms with Gasteiger partial charge in [0.25, 0.3) is 11.8 Å². The van der Waals surface area contributed by atoms with Gasteiger partial charge in [0.15, 0.2) is 0 Å². The number of nitrogens with one attached hydrogen (secondary N) is 1. The second kappa shape index (κ2) is 11.3. The number of anilines is 1.